The lowest BCUT2D eigenvalue weighted by molar-refractivity contribution is -0.120. The highest BCUT2D eigenvalue weighted by Crippen LogP contribution is 2.24. The molecule has 120 valence electrons. The first-order valence-electron chi connectivity index (χ1n) is 7.43. The number of carbonyl (C=O) groups is 1. The number of rotatable bonds is 5. The molecule has 3 aromatic rings. The lowest BCUT2D eigenvalue weighted by Crippen LogP contribution is -2.19. The Morgan fingerprint density at radius 1 is 1.04 bits per heavy atom. The highest BCUT2D eigenvalue weighted by Gasteiger charge is 2.08. The third-order valence-corrected chi connectivity index (χ3v) is 3.35. The second-order valence-electron chi connectivity index (χ2n) is 5.14. The van der Waals surface area contributed by atoms with Gasteiger partial charge in [0.2, 0.25) is 5.91 Å². The van der Waals surface area contributed by atoms with Crippen LogP contribution in [0.5, 0.6) is 0 Å². The van der Waals surface area contributed by atoms with Gasteiger partial charge in [-0.05, 0) is 29.8 Å². The minimum Gasteiger partial charge on any atom is -0.455 e. The predicted octanol–water partition coefficient (Wildman–Crippen LogP) is 3.78. The normalized spacial score (nSPS) is 10.9. The molecular weight excluding hydrogens is 307 g/mol. The molecule has 1 N–H and O–H groups in total. The maximum Gasteiger partial charge on any atom is 0.244 e. The second kappa shape index (κ2) is 7.37. The molecule has 0 bridgehead atoms. The van der Waals surface area contributed by atoms with E-state index in [1.165, 1.54) is 12.3 Å². The van der Waals surface area contributed by atoms with Crippen LogP contribution in [0.2, 0.25) is 0 Å². The molecule has 1 amide bonds. The first-order valence-corrected chi connectivity index (χ1v) is 7.43. The van der Waals surface area contributed by atoms with Gasteiger partial charge in [0.05, 0.1) is 18.2 Å². The standard InChI is InChI=1S/C19H15FN2O2/c20-17-9-5-4-8-16(17)18-11-10-15(24-18)13-21-22-19(23)12-14-6-2-1-3-7-14/h1-11,13H,12H2,(H,22,23)/b21-13-. The maximum absolute atomic E-state index is 13.7. The second-order valence-corrected chi connectivity index (χ2v) is 5.14. The molecule has 0 spiro atoms. The van der Waals surface area contributed by atoms with E-state index in [0.717, 1.165) is 5.56 Å². The minimum absolute atomic E-state index is 0.224. The van der Waals surface area contributed by atoms with Crippen molar-refractivity contribution in [2.75, 3.05) is 0 Å². The molecular formula is C19H15FN2O2. The molecule has 1 heterocycles. The summed E-state index contributed by atoms with van der Waals surface area (Å²) in [5.41, 5.74) is 3.72. The molecule has 0 aliphatic carbocycles. The Morgan fingerprint density at radius 3 is 2.58 bits per heavy atom. The number of hydrazone groups is 1. The lowest BCUT2D eigenvalue weighted by Gasteiger charge is -1.99. The molecule has 0 saturated carbocycles. The lowest BCUT2D eigenvalue weighted by atomic mass is 10.1. The van der Waals surface area contributed by atoms with E-state index in [2.05, 4.69) is 10.5 Å². The SMILES string of the molecule is O=C(Cc1ccccc1)N/N=C\c1ccc(-c2ccccc2F)o1. The number of nitrogens with zero attached hydrogens (tertiary/aromatic N) is 1. The zero-order valence-corrected chi connectivity index (χ0v) is 12.8. The third-order valence-electron chi connectivity index (χ3n) is 3.35. The number of hydrogen-bond donors (Lipinski definition) is 1. The summed E-state index contributed by atoms with van der Waals surface area (Å²) >= 11 is 0. The van der Waals surface area contributed by atoms with Crippen molar-refractivity contribution in [3.8, 4) is 11.3 Å². The van der Waals surface area contributed by atoms with Gasteiger partial charge < -0.3 is 4.42 Å². The third kappa shape index (κ3) is 3.95. The molecule has 0 aliphatic rings. The molecule has 0 fully saturated rings. The summed E-state index contributed by atoms with van der Waals surface area (Å²) in [5.74, 6) is 0.253. The zero-order valence-electron chi connectivity index (χ0n) is 12.8. The number of halogens is 1. The van der Waals surface area contributed by atoms with Crippen molar-refractivity contribution in [2.24, 2.45) is 5.10 Å². The first kappa shape index (κ1) is 15.7. The van der Waals surface area contributed by atoms with Gasteiger partial charge in [0.25, 0.3) is 0 Å². The van der Waals surface area contributed by atoms with Gasteiger partial charge in [0.15, 0.2) is 0 Å². The maximum atomic E-state index is 13.7. The van der Waals surface area contributed by atoms with E-state index in [4.69, 9.17) is 4.42 Å². The zero-order chi connectivity index (χ0) is 16.8. The predicted molar refractivity (Wildman–Crippen MR) is 90.0 cm³/mol. The van der Waals surface area contributed by atoms with Gasteiger partial charge in [-0.15, -0.1) is 0 Å². The Labute approximate surface area is 138 Å². The molecule has 0 unspecified atom stereocenters. The first-order chi connectivity index (χ1) is 11.7. The molecule has 0 radical (unpaired) electrons. The van der Waals surface area contributed by atoms with Gasteiger partial charge in [-0.3, -0.25) is 4.79 Å². The topological polar surface area (TPSA) is 54.6 Å². The minimum atomic E-state index is -0.355. The summed E-state index contributed by atoms with van der Waals surface area (Å²) in [6.07, 6.45) is 1.63. The highest BCUT2D eigenvalue weighted by molar-refractivity contribution is 5.82. The van der Waals surface area contributed by atoms with Crippen molar-refractivity contribution < 1.29 is 13.6 Å². The molecule has 3 rings (SSSR count). The van der Waals surface area contributed by atoms with Crippen LogP contribution in [0.4, 0.5) is 4.39 Å². The fraction of sp³-hybridized carbons (Fsp3) is 0.0526. The van der Waals surface area contributed by atoms with Crippen molar-refractivity contribution in [1.82, 2.24) is 5.43 Å². The monoisotopic (exact) mass is 322 g/mol. The largest absolute Gasteiger partial charge is 0.455 e. The van der Waals surface area contributed by atoms with Gasteiger partial charge in [0, 0.05) is 0 Å². The van der Waals surface area contributed by atoms with Crippen LogP contribution in [-0.4, -0.2) is 12.1 Å². The van der Waals surface area contributed by atoms with E-state index in [0.29, 0.717) is 17.1 Å². The average Bonchev–Trinajstić information content (AvgIpc) is 3.05. The number of hydrogen-bond acceptors (Lipinski definition) is 3. The van der Waals surface area contributed by atoms with Crippen LogP contribution in [0, 0.1) is 5.82 Å². The van der Waals surface area contributed by atoms with E-state index in [1.807, 2.05) is 30.3 Å². The Kier molecular flexibility index (Phi) is 4.81. The van der Waals surface area contributed by atoms with E-state index >= 15 is 0 Å². The molecule has 2 aromatic carbocycles. The van der Waals surface area contributed by atoms with Gasteiger partial charge >= 0.3 is 0 Å². The van der Waals surface area contributed by atoms with Crippen LogP contribution in [-0.2, 0) is 11.2 Å². The molecule has 0 aliphatic heterocycles. The smallest absolute Gasteiger partial charge is 0.244 e. The van der Waals surface area contributed by atoms with E-state index in [9.17, 15) is 9.18 Å². The summed E-state index contributed by atoms with van der Waals surface area (Å²) in [5, 5.41) is 3.86. The van der Waals surface area contributed by atoms with Crippen molar-refractivity contribution in [2.45, 2.75) is 6.42 Å². The molecule has 5 heteroatoms. The Bertz CT molecular complexity index is 857. The number of nitrogens with one attached hydrogen (secondary N) is 1. The Balaban J connectivity index is 1.60. The number of carbonyl (C=O) groups excluding carboxylic acids is 1. The van der Waals surface area contributed by atoms with Crippen molar-refractivity contribution >= 4 is 12.1 Å². The van der Waals surface area contributed by atoms with E-state index < -0.39 is 0 Å². The van der Waals surface area contributed by atoms with Crippen LogP contribution in [0.1, 0.15) is 11.3 Å². The highest BCUT2D eigenvalue weighted by atomic mass is 19.1. The summed E-state index contributed by atoms with van der Waals surface area (Å²) in [7, 11) is 0. The summed E-state index contributed by atoms with van der Waals surface area (Å²) in [4.78, 5) is 11.8. The van der Waals surface area contributed by atoms with Crippen molar-refractivity contribution in [3.63, 3.8) is 0 Å². The summed E-state index contributed by atoms with van der Waals surface area (Å²) in [6, 6.07) is 19.1. The quantitative estimate of drug-likeness (QED) is 0.574. The summed E-state index contributed by atoms with van der Waals surface area (Å²) < 4.78 is 19.2. The molecule has 0 atom stereocenters. The van der Waals surface area contributed by atoms with Crippen LogP contribution in [0.15, 0.2) is 76.2 Å². The van der Waals surface area contributed by atoms with E-state index in [1.54, 1.807) is 30.3 Å². The average molecular weight is 322 g/mol. The van der Waals surface area contributed by atoms with Crippen LogP contribution in [0.3, 0.4) is 0 Å². The van der Waals surface area contributed by atoms with Crippen molar-refractivity contribution in [1.29, 1.82) is 0 Å². The van der Waals surface area contributed by atoms with Crippen LogP contribution in [0.25, 0.3) is 11.3 Å². The molecule has 1 aromatic heterocycles. The van der Waals surface area contributed by atoms with Gasteiger partial charge in [-0.1, -0.05) is 42.5 Å². The fourth-order valence-electron chi connectivity index (χ4n) is 2.22. The fourth-order valence-corrected chi connectivity index (χ4v) is 2.22. The molecule has 24 heavy (non-hydrogen) atoms. The number of benzene rings is 2. The van der Waals surface area contributed by atoms with Crippen LogP contribution < -0.4 is 5.43 Å². The van der Waals surface area contributed by atoms with Crippen molar-refractivity contribution in [3.05, 3.63) is 83.9 Å². The number of amides is 1. The summed E-state index contributed by atoms with van der Waals surface area (Å²) in [6.45, 7) is 0. The van der Waals surface area contributed by atoms with Gasteiger partial charge in [0.1, 0.15) is 17.3 Å². The molecule has 4 nitrogen and oxygen atoms in total. The van der Waals surface area contributed by atoms with Gasteiger partial charge in [-0.2, -0.15) is 5.10 Å². The van der Waals surface area contributed by atoms with Gasteiger partial charge in [-0.25, -0.2) is 9.82 Å². The Morgan fingerprint density at radius 2 is 1.79 bits per heavy atom. The molecule has 0 saturated heterocycles. The van der Waals surface area contributed by atoms with Crippen LogP contribution >= 0.6 is 0 Å². The Hall–Kier alpha value is -3.21. The number of furan rings is 1. The van der Waals surface area contributed by atoms with E-state index in [-0.39, 0.29) is 18.1 Å².